The van der Waals surface area contributed by atoms with Gasteiger partial charge in [0.05, 0.1) is 0 Å². The zero-order chi connectivity index (χ0) is 16.7. The molecule has 2 aromatic rings. The molecule has 0 N–H and O–H groups in total. The molecule has 1 aromatic heterocycles. The second kappa shape index (κ2) is 6.00. The Bertz CT molecular complexity index is 760. The molecule has 24 heavy (non-hydrogen) atoms. The smallest absolute Gasteiger partial charge is 0.226 e. The van der Waals surface area contributed by atoms with Crippen LogP contribution in [0, 0.1) is 18.7 Å². The molecule has 1 amide bonds. The molecule has 126 valence electrons. The molecule has 1 aromatic carbocycles. The second-order valence-corrected chi connectivity index (χ2v) is 6.80. The molecule has 2 heterocycles. The van der Waals surface area contributed by atoms with Crippen LogP contribution in [0.5, 0.6) is 0 Å². The molecule has 0 bridgehead atoms. The Morgan fingerprint density at radius 3 is 3.04 bits per heavy atom. The Morgan fingerprint density at radius 1 is 1.42 bits per heavy atom. The van der Waals surface area contributed by atoms with Crippen molar-refractivity contribution in [1.29, 1.82) is 0 Å². The summed E-state index contributed by atoms with van der Waals surface area (Å²) >= 11 is 0. The first-order valence-electron chi connectivity index (χ1n) is 8.46. The first-order valence-corrected chi connectivity index (χ1v) is 8.46. The Hall–Kier alpha value is -2.24. The molecule has 0 radical (unpaired) electrons. The first kappa shape index (κ1) is 15.3. The monoisotopic (exact) mass is 329 g/mol. The lowest BCUT2D eigenvalue weighted by atomic mass is 9.96. The van der Waals surface area contributed by atoms with Gasteiger partial charge in [-0.05, 0) is 42.9 Å². The summed E-state index contributed by atoms with van der Waals surface area (Å²) in [4.78, 5) is 19.0. The fourth-order valence-corrected chi connectivity index (χ4v) is 3.68. The Morgan fingerprint density at radius 2 is 2.29 bits per heavy atom. The molecule has 1 aliphatic heterocycles. The second-order valence-electron chi connectivity index (χ2n) is 6.80. The van der Waals surface area contributed by atoms with Crippen LogP contribution in [-0.2, 0) is 4.79 Å². The molecule has 1 aliphatic carbocycles. The minimum Gasteiger partial charge on any atom is -0.342 e. The third-order valence-electron chi connectivity index (χ3n) is 5.03. The third-order valence-corrected chi connectivity index (χ3v) is 5.03. The summed E-state index contributed by atoms with van der Waals surface area (Å²) in [6, 6.07) is 6.59. The minimum atomic E-state index is -0.240. The van der Waals surface area contributed by atoms with E-state index in [0.717, 1.165) is 31.4 Å². The van der Waals surface area contributed by atoms with Gasteiger partial charge in [-0.25, -0.2) is 4.39 Å². The summed E-state index contributed by atoms with van der Waals surface area (Å²) in [6.07, 6.45) is 2.73. The SMILES string of the molecule is Cc1nc([C@@H]2CCCN(C(=O)[C@H]3C[C@@H]3c3cccc(F)c3)C2)no1. The molecule has 5 nitrogen and oxygen atoms in total. The van der Waals surface area contributed by atoms with Gasteiger partial charge in [0.25, 0.3) is 0 Å². The lowest BCUT2D eigenvalue weighted by Crippen LogP contribution is -2.40. The van der Waals surface area contributed by atoms with Crippen molar-refractivity contribution in [3.05, 3.63) is 47.4 Å². The highest BCUT2D eigenvalue weighted by Gasteiger charge is 2.46. The summed E-state index contributed by atoms with van der Waals surface area (Å²) in [5, 5.41) is 4.00. The van der Waals surface area contributed by atoms with E-state index in [-0.39, 0.29) is 29.5 Å². The van der Waals surface area contributed by atoms with Crippen molar-refractivity contribution in [3.8, 4) is 0 Å². The standard InChI is InChI=1S/C18H20FN3O2/c1-11-20-17(21-24-11)13-5-3-7-22(10-13)18(23)16-9-15(16)12-4-2-6-14(19)8-12/h2,4,6,8,13,15-16H,3,5,7,9-10H2,1H3/t13-,15-,16+/m1/s1. The highest BCUT2D eigenvalue weighted by molar-refractivity contribution is 5.83. The fourth-order valence-electron chi connectivity index (χ4n) is 3.68. The van der Waals surface area contributed by atoms with E-state index in [1.165, 1.54) is 6.07 Å². The number of likely N-dealkylation sites (tertiary alicyclic amines) is 1. The molecule has 1 saturated carbocycles. The molecule has 2 fully saturated rings. The van der Waals surface area contributed by atoms with Gasteiger partial charge in [-0.1, -0.05) is 17.3 Å². The van der Waals surface area contributed by atoms with E-state index in [1.54, 1.807) is 19.1 Å². The van der Waals surface area contributed by atoms with Crippen LogP contribution in [0.15, 0.2) is 28.8 Å². The number of aromatic nitrogens is 2. The largest absolute Gasteiger partial charge is 0.342 e. The van der Waals surface area contributed by atoms with Gasteiger partial charge >= 0.3 is 0 Å². The van der Waals surface area contributed by atoms with Gasteiger partial charge in [-0.2, -0.15) is 4.98 Å². The number of halogens is 1. The number of hydrogen-bond donors (Lipinski definition) is 0. The average molecular weight is 329 g/mol. The van der Waals surface area contributed by atoms with E-state index in [2.05, 4.69) is 10.1 Å². The van der Waals surface area contributed by atoms with E-state index < -0.39 is 0 Å². The van der Waals surface area contributed by atoms with Crippen LogP contribution < -0.4 is 0 Å². The number of amides is 1. The molecule has 4 rings (SSSR count). The van der Waals surface area contributed by atoms with Crippen molar-refractivity contribution < 1.29 is 13.7 Å². The van der Waals surface area contributed by atoms with E-state index in [0.29, 0.717) is 18.3 Å². The molecule has 0 unspecified atom stereocenters. The van der Waals surface area contributed by atoms with E-state index in [4.69, 9.17) is 4.52 Å². The number of rotatable bonds is 3. The molecule has 3 atom stereocenters. The van der Waals surface area contributed by atoms with Crippen LogP contribution in [-0.4, -0.2) is 34.0 Å². The number of carbonyl (C=O) groups excluding carboxylic acids is 1. The highest BCUT2D eigenvalue weighted by atomic mass is 19.1. The molecular formula is C18H20FN3O2. The highest BCUT2D eigenvalue weighted by Crippen LogP contribution is 2.49. The number of carbonyl (C=O) groups is 1. The summed E-state index contributed by atoms with van der Waals surface area (Å²) < 4.78 is 18.4. The van der Waals surface area contributed by atoms with E-state index in [9.17, 15) is 9.18 Å². The van der Waals surface area contributed by atoms with Crippen molar-refractivity contribution >= 4 is 5.91 Å². The summed E-state index contributed by atoms with van der Waals surface area (Å²) in [5.74, 6) is 1.47. The minimum absolute atomic E-state index is 0.0162. The van der Waals surface area contributed by atoms with Gasteiger partial charge in [0.1, 0.15) is 5.82 Å². The lowest BCUT2D eigenvalue weighted by molar-refractivity contribution is -0.133. The predicted molar refractivity (Wildman–Crippen MR) is 84.8 cm³/mol. The van der Waals surface area contributed by atoms with Crippen molar-refractivity contribution in [2.75, 3.05) is 13.1 Å². The topological polar surface area (TPSA) is 59.2 Å². The third kappa shape index (κ3) is 2.92. The first-order chi connectivity index (χ1) is 11.6. The maximum Gasteiger partial charge on any atom is 0.226 e. The quantitative estimate of drug-likeness (QED) is 0.868. The summed E-state index contributed by atoms with van der Waals surface area (Å²) in [6.45, 7) is 3.19. The van der Waals surface area contributed by atoms with Gasteiger partial charge in [0.2, 0.25) is 11.8 Å². The maximum atomic E-state index is 13.4. The van der Waals surface area contributed by atoms with Gasteiger partial charge in [-0.3, -0.25) is 4.79 Å². The normalized spacial score (nSPS) is 26.4. The van der Waals surface area contributed by atoms with Gasteiger partial charge in [-0.15, -0.1) is 0 Å². The Balaban J connectivity index is 1.42. The number of nitrogens with zero attached hydrogens (tertiary/aromatic N) is 3. The zero-order valence-electron chi connectivity index (χ0n) is 13.6. The molecule has 0 spiro atoms. The Kier molecular flexibility index (Phi) is 3.82. The fraction of sp³-hybridized carbons (Fsp3) is 0.500. The van der Waals surface area contributed by atoms with Crippen molar-refractivity contribution in [2.45, 2.75) is 38.0 Å². The summed E-state index contributed by atoms with van der Waals surface area (Å²) in [5.41, 5.74) is 0.927. The maximum absolute atomic E-state index is 13.4. The lowest BCUT2D eigenvalue weighted by Gasteiger charge is -2.31. The summed E-state index contributed by atoms with van der Waals surface area (Å²) in [7, 11) is 0. The van der Waals surface area contributed by atoms with Crippen LogP contribution in [0.2, 0.25) is 0 Å². The predicted octanol–water partition coefficient (Wildman–Crippen LogP) is 3.03. The van der Waals surface area contributed by atoms with Crippen LogP contribution >= 0.6 is 0 Å². The molecular weight excluding hydrogens is 309 g/mol. The van der Waals surface area contributed by atoms with Crippen molar-refractivity contribution in [2.24, 2.45) is 5.92 Å². The van der Waals surface area contributed by atoms with Gasteiger partial charge in [0.15, 0.2) is 5.82 Å². The molecule has 6 heteroatoms. The zero-order valence-corrected chi connectivity index (χ0v) is 13.6. The van der Waals surface area contributed by atoms with Gasteiger partial charge < -0.3 is 9.42 Å². The number of aryl methyl sites for hydroxylation is 1. The van der Waals surface area contributed by atoms with Crippen LogP contribution in [0.25, 0.3) is 0 Å². The van der Waals surface area contributed by atoms with Crippen LogP contribution in [0.4, 0.5) is 4.39 Å². The van der Waals surface area contributed by atoms with Crippen LogP contribution in [0.3, 0.4) is 0 Å². The van der Waals surface area contributed by atoms with E-state index >= 15 is 0 Å². The van der Waals surface area contributed by atoms with E-state index in [1.807, 2.05) is 11.0 Å². The number of hydrogen-bond acceptors (Lipinski definition) is 4. The Labute approximate surface area is 139 Å². The van der Waals surface area contributed by atoms with Gasteiger partial charge in [0, 0.05) is 31.8 Å². The molecule has 2 aliphatic rings. The molecule has 1 saturated heterocycles. The van der Waals surface area contributed by atoms with Crippen molar-refractivity contribution in [1.82, 2.24) is 15.0 Å². The number of piperidine rings is 1. The average Bonchev–Trinajstić information content (AvgIpc) is 3.28. The van der Waals surface area contributed by atoms with Crippen LogP contribution in [0.1, 0.15) is 48.4 Å². The van der Waals surface area contributed by atoms with Crippen molar-refractivity contribution in [3.63, 3.8) is 0 Å². The number of benzene rings is 1.